The lowest BCUT2D eigenvalue weighted by Gasteiger charge is -2.18. The smallest absolute Gasteiger partial charge is 0.416 e. The summed E-state index contributed by atoms with van der Waals surface area (Å²) < 4.78 is 51.4. The summed E-state index contributed by atoms with van der Waals surface area (Å²) in [6.45, 7) is 1.71. The van der Waals surface area contributed by atoms with Crippen LogP contribution >= 0.6 is 0 Å². The van der Waals surface area contributed by atoms with Crippen LogP contribution in [0.15, 0.2) is 53.3 Å². The average Bonchev–Trinajstić information content (AvgIpc) is 3.39. The van der Waals surface area contributed by atoms with E-state index in [0.717, 1.165) is 30.9 Å². The van der Waals surface area contributed by atoms with Crippen molar-refractivity contribution in [3.05, 3.63) is 75.7 Å². The molecule has 7 nitrogen and oxygen atoms in total. The molecule has 2 aromatic carbocycles. The summed E-state index contributed by atoms with van der Waals surface area (Å²) in [4.78, 5) is 18.9. The summed E-state index contributed by atoms with van der Waals surface area (Å²) in [5.41, 5.74) is 0.167. The standard InChI is InChI=1S/C26H21F3N4O3/c27-26(28,29)18-2-4-20(5-3-18)36-21-6-1-16(9-17(21)12-30)14-35-22-10-23-32(24(34)31-22)13-19-11-25(7-8-25)15-33(19)23/h1-6,9-10,19H,7-8,11,13-15H2. The number of hydrogen-bond acceptors (Lipinski definition) is 6. The molecule has 184 valence electrons. The first kappa shape index (κ1) is 22.5. The number of anilines is 1. The van der Waals surface area contributed by atoms with E-state index in [-0.39, 0.29) is 35.2 Å². The lowest BCUT2D eigenvalue weighted by molar-refractivity contribution is -0.137. The predicted molar refractivity (Wildman–Crippen MR) is 123 cm³/mol. The highest BCUT2D eigenvalue weighted by molar-refractivity contribution is 5.50. The van der Waals surface area contributed by atoms with E-state index in [1.165, 1.54) is 25.0 Å². The van der Waals surface area contributed by atoms with Crippen LogP contribution in [0.25, 0.3) is 0 Å². The monoisotopic (exact) mass is 494 g/mol. The van der Waals surface area contributed by atoms with E-state index in [1.54, 1.807) is 28.8 Å². The highest BCUT2D eigenvalue weighted by Gasteiger charge is 2.54. The van der Waals surface area contributed by atoms with Gasteiger partial charge in [-0.15, -0.1) is 0 Å². The molecule has 6 rings (SSSR count). The lowest BCUT2D eigenvalue weighted by Crippen LogP contribution is -2.25. The Kier molecular flexibility index (Phi) is 5.00. The van der Waals surface area contributed by atoms with Gasteiger partial charge in [0.1, 0.15) is 30.0 Å². The number of ether oxygens (including phenoxy) is 2. The highest BCUT2D eigenvalue weighted by Crippen LogP contribution is 2.57. The molecule has 0 radical (unpaired) electrons. The third-order valence-corrected chi connectivity index (χ3v) is 7.19. The van der Waals surface area contributed by atoms with Gasteiger partial charge in [0.05, 0.1) is 11.1 Å². The fourth-order valence-electron chi connectivity index (χ4n) is 5.14. The maximum atomic E-state index is 12.8. The van der Waals surface area contributed by atoms with Gasteiger partial charge in [-0.1, -0.05) is 6.07 Å². The summed E-state index contributed by atoms with van der Waals surface area (Å²) in [6.07, 6.45) is -0.828. The first-order valence-electron chi connectivity index (χ1n) is 11.6. The molecule has 1 atom stereocenters. The molecule has 1 saturated heterocycles. The largest absolute Gasteiger partial charge is 0.473 e. The van der Waals surface area contributed by atoms with Crippen molar-refractivity contribution in [2.45, 2.75) is 44.6 Å². The molecule has 0 bridgehead atoms. The van der Waals surface area contributed by atoms with Gasteiger partial charge in [0, 0.05) is 25.2 Å². The van der Waals surface area contributed by atoms with Gasteiger partial charge in [-0.3, -0.25) is 4.57 Å². The minimum Gasteiger partial charge on any atom is -0.473 e. The van der Waals surface area contributed by atoms with Crippen molar-refractivity contribution in [1.82, 2.24) is 9.55 Å². The van der Waals surface area contributed by atoms with Gasteiger partial charge >= 0.3 is 11.9 Å². The molecule has 3 aromatic rings. The van der Waals surface area contributed by atoms with Gasteiger partial charge < -0.3 is 14.4 Å². The van der Waals surface area contributed by atoms with Crippen molar-refractivity contribution in [3.63, 3.8) is 0 Å². The van der Waals surface area contributed by atoms with Crippen LogP contribution in [-0.4, -0.2) is 22.1 Å². The van der Waals surface area contributed by atoms with E-state index in [2.05, 4.69) is 9.88 Å². The van der Waals surface area contributed by atoms with Crippen molar-refractivity contribution in [3.8, 4) is 23.4 Å². The molecule has 1 aliphatic carbocycles. The van der Waals surface area contributed by atoms with E-state index in [4.69, 9.17) is 9.47 Å². The molecule has 0 amide bonds. The normalized spacial score (nSPS) is 19.1. The molecule has 1 saturated carbocycles. The van der Waals surface area contributed by atoms with Gasteiger partial charge in [-0.2, -0.15) is 23.4 Å². The van der Waals surface area contributed by atoms with Crippen LogP contribution in [0.3, 0.4) is 0 Å². The van der Waals surface area contributed by atoms with Crippen LogP contribution in [0.2, 0.25) is 0 Å². The van der Waals surface area contributed by atoms with Gasteiger partial charge in [0.15, 0.2) is 0 Å². The molecule has 10 heteroatoms. The third kappa shape index (κ3) is 4.04. The minimum absolute atomic E-state index is 0.0818. The Morgan fingerprint density at radius 2 is 1.92 bits per heavy atom. The molecule has 1 aromatic heterocycles. The first-order chi connectivity index (χ1) is 17.2. The summed E-state index contributed by atoms with van der Waals surface area (Å²) >= 11 is 0. The van der Waals surface area contributed by atoms with Crippen LogP contribution in [0.4, 0.5) is 19.0 Å². The predicted octanol–water partition coefficient (Wildman–Crippen LogP) is 4.88. The van der Waals surface area contributed by atoms with Crippen molar-refractivity contribution in [1.29, 1.82) is 5.26 Å². The number of rotatable bonds is 5. The molecule has 3 aliphatic rings. The highest BCUT2D eigenvalue weighted by atomic mass is 19.4. The van der Waals surface area contributed by atoms with E-state index in [9.17, 15) is 23.2 Å². The van der Waals surface area contributed by atoms with Crippen molar-refractivity contribution < 1.29 is 22.6 Å². The summed E-state index contributed by atoms with van der Waals surface area (Å²) in [7, 11) is 0. The van der Waals surface area contributed by atoms with E-state index >= 15 is 0 Å². The van der Waals surface area contributed by atoms with Gasteiger partial charge in [0.2, 0.25) is 5.88 Å². The van der Waals surface area contributed by atoms with Gasteiger partial charge in [-0.05, 0) is 66.6 Å². The van der Waals surface area contributed by atoms with Gasteiger partial charge in [0.25, 0.3) is 0 Å². The number of nitrogens with zero attached hydrogens (tertiary/aromatic N) is 4. The Hall–Kier alpha value is -4.00. The molecule has 36 heavy (non-hydrogen) atoms. The molecule has 1 spiro atoms. The lowest BCUT2D eigenvalue weighted by atomic mass is 10.0. The van der Waals surface area contributed by atoms with E-state index < -0.39 is 11.7 Å². The van der Waals surface area contributed by atoms with Crippen LogP contribution in [0.1, 0.15) is 36.0 Å². The zero-order chi connectivity index (χ0) is 25.1. The second-order valence-corrected chi connectivity index (χ2v) is 9.69. The number of aromatic nitrogens is 2. The SMILES string of the molecule is N#Cc1cc(COc2cc3n(c(=O)n2)CC2CC4(CC4)CN32)ccc1Oc1ccc(C(F)(F)F)cc1. The zero-order valence-electron chi connectivity index (χ0n) is 19.1. The molecule has 2 fully saturated rings. The molecular weight excluding hydrogens is 473 g/mol. The van der Waals surface area contributed by atoms with Crippen LogP contribution in [0, 0.1) is 16.7 Å². The second kappa shape index (κ2) is 8.01. The minimum atomic E-state index is -4.44. The second-order valence-electron chi connectivity index (χ2n) is 9.69. The molecule has 3 heterocycles. The van der Waals surface area contributed by atoms with E-state index in [1.807, 2.05) is 6.07 Å². The van der Waals surface area contributed by atoms with Crippen LogP contribution in [0.5, 0.6) is 17.4 Å². The Morgan fingerprint density at radius 1 is 1.14 bits per heavy atom. The molecule has 0 N–H and O–H groups in total. The summed E-state index contributed by atoms with van der Waals surface area (Å²) in [5, 5.41) is 9.55. The fourth-order valence-corrected chi connectivity index (χ4v) is 5.14. The molecular formula is C26H21F3N4O3. The van der Waals surface area contributed by atoms with Crippen LogP contribution < -0.4 is 20.1 Å². The summed E-state index contributed by atoms with van der Waals surface area (Å²) in [6, 6.07) is 13.3. The van der Waals surface area contributed by atoms with Crippen molar-refractivity contribution >= 4 is 5.82 Å². The zero-order valence-corrected chi connectivity index (χ0v) is 19.1. The fraction of sp³-hybridized carbons (Fsp3) is 0.346. The van der Waals surface area contributed by atoms with Crippen molar-refractivity contribution in [2.75, 3.05) is 11.4 Å². The average molecular weight is 494 g/mol. The van der Waals surface area contributed by atoms with Gasteiger partial charge in [-0.25, -0.2) is 4.79 Å². The number of hydrogen-bond donors (Lipinski definition) is 0. The Balaban J connectivity index is 1.15. The van der Waals surface area contributed by atoms with Crippen LogP contribution in [-0.2, 0) is 19.3 Å². The number of benzene rings is 2. The first-order valence-corrected chi connectivity index (χ1v) is 11.6. The third-order valence-electron chi connectivity index (χ3n) is 7.19. The topological polar surface area (TPSA) is 80.4 Å². The number of nitriles is 1. The Bertz CT molecular complexity index is 1440. The quantitative estimate of drug-likeness (QED) is 0.503. The maximum absolute atomic E-state index is 12.8. The number of alkyl halides is 3. The number of fused-ring (bicyclic) bond motifs is 3. The molecule has 2 aliphatic heterocycles. The van der Waals surface area contributed by atoms with Crippen molar-refractivity contribution in [2.24, 2.45) is 5.41 Å². The Morgan fingerprint density at radius 3 is 2.61 bits per heavy atom. The summed E-state index contributed by atoms with van der Waals surface area (Å²) in [5.74, 6) is 1.47. The van der Waals surface area contributed by atoms with E-state index in [0.29, 0.717) is 23.6 Å². The maximum Gasteiger partial charge on any atom is 0.416 e. The Labute approximate surface area is 204 Å². The molecule has 1 unspecified atom stereocenters. The number of halogens is 3.